The molecule has 1 aromatic rings. The number of aromatic nitrogens is 1. The van der Waals surface area contributed by atoms with E-state index in [1.165, 1.54) is 0 Å². The molecule has 2 rings (SSSR count). The molecule has 1 aliphatic rings. The Morgan fingerprint density at radius 1 is 1.50 bits per heavy atom. The van der Waals surface area contributed by atoms with E-state index in [0.29, 0.717) is 11.3 Å². The van der Waals surface area contributed by atoms with Crippen LogP contribution in [0.3, 0.4) is 0 Å². The first-order chi connectivity index (χ1) is 9.34. The zero-order chi connectivity index (χ0) is 14.9. The zero-order valence-corrected chi connectivity index (χ0v) is 12.7. The SMILES string of the molecule is CNc1cc(C)ncc1C(=O)N1CCS(=O)(=O)CC1C. The Morgan fingerprint density at radius 2 is 2.20 bits per heavy atom. The van der Waals surface area contributed by atoms with Gasteiger partial charge in [-0.2, -0.15) is 0 Å². The van der Waals surface area contributed by atoms with Gasteiger partial charge in [0.05, 0.1) is 22.8 Å². The van der Waals surface area contributed by atoms with Gasteiger partial charge >= 0.3 is 0 Å². The third-order valence-electron chi connectivity index (χ3n) is 3.47. The van der Waals surface area contributed by atoms with E-state index in [1.807, 2.05) is 6.92 Å². The van der Waals surface area contributed by atoms with Crippen molar-refractivity contribution < 1.29 is 13.2 Å². The standard InChI is InChI=1S/C13H19N3O3S/c1-9-6-12(14-3)11(7-15-9)13(17)16-4-5-20(18,19)8-10(16)2/h6-7,10H,4-5,8H2,1-3H3,(H,14,15). The molecule has 2 heterocycles. The number of rotatable bonds is 2. The van der Waals surface area contributed by atoms with Crippen LogP contribution in [0.2, 0.25) is 0 Å². The Bertz CT molecular complexity index is 628. The van der Waals surface area contributed by atoms with Crippen molar-refractivity contribution in [1.82, 2.24) is 9.88 Å². The molecule has 1 atom stereocenters. The van der Waals surface area contributed by atoms with E-state index in [1.54, 1.807) is 31.1 Å². The van der Waals surface area contributed by atoms with Gasteiger partial charge in [0.2, 0.25) is 0 Å². The lowest BCUT2D eigenvalue weighted by Crippen LogP contribution is -2.49. The predicted molar refractivity (Wildman–Crippen MR) is 77.7 cm³/mol. The van der Waals surface area contributed by atoms with Gasteiger partial charge in [-0.15, -0.1) is 0 Å². The summed E-state index contributed by atoms with van der Waals surface area (Å²) in [4.78, 5) is 18.3. The first-order valence-corrected chi connectivity index (χ1v) is 8.32. The van der Waals surface area contributed by atoms with Crippen molar-refractivity contribution >= 4 is 21.4 Å². The fourth-order valence-corrected chi connectivity index (χ4v) is 3.95. The lowest BCUT2D eigenvalue weighted by atomic mass is 10.1. The Balaban J connectivity index is 2.28. The van der Waals surface area contributed by atoms with Gasteiger partial charge in [-0.25, -0.2) is 8.42 Å². The summed E-state index contributed by atoms with van der Waals surface area (Å²) in [6, 6.07) is 1.49. The summed E-state index contributed by atoms with van der Waals surface area (Å²) in [7, 11) is -1.28. The van der Waals surface area contributed by atoms with Crippen LogP contribution in [-0.2, 0) is 9.84 Å². The average Bonchev–Trinajstić information content (AvgIpc) is 2.36. The second kappa shape index (κ2) is 5.40. The topological polar surface area (TPSA) is 79.4 Å². The normalized spacial score (nSPS) is 21.6. The summed E-state index contributed by atoms with van der Waals surface area (Å²) in [5.74, 6) is -0.131. The van der Waals surface area contributed by atoms with Crippen molar-refractivity contribution in [1.29, 1.82) is 0 Å². The van der Waals surface area contributed by atoms with E-state index >= 15 is 0 Å². The summed E-state index contributed by atoms with van der Waals surface area (Å²) in [5, 5.41) is 2.98. The molecule has 1 amide bonds. The van der Waals surface area contributed by atoms with Crippen molar-refractivity contribution in [3.05, 3.63) is 23.5 Å². The minimum atomic E-state index is -3.03. The second-order valence-electron chi connectivity index (χ2n) is 5.08. The number of nitrogens with one attached hydrogen (secondary N) is 1. The molecule has 0 saturated carbocycles. The number of pyridine rings is 1. The molecule has 1 unspecified atom stereocenters. The zero-order valence-electron chi connectivity index (χ0n) is 11.9. The molecule has 0 aromatic carbocycles. The van der Waals surface area contributed by atoms with Crippen molar-refractivity contribution in [2.24, 2.45) is 0 Å². The fraction of sp³-hybridized carbons (Fsp3) is 0.538. The lowest BCUT2D eigenvalue weighted by Gasteiger charge is -2.33. The van der Waals surface area contributed by atoms with Crippen LogP contribution in [0.4, 0.5) is 5.69 Å². The monoisotopic (exact) mass is 297 g/mol. The second-order valence-corrected chi connectivity index (χ2v) is 7.31. The number of carbonyl (C=O) groups excluding carboxylic acids is 1. The number of aryl methyl sites for hydroxylation is 1. The molecule has 1 aromatic heterocycles. The maximum Gasteiger partial charge on any atom is 0.257 e. The Morgan fingerprint density at radius 3 is 2.80 bits per heavy atom. The number of carbonyl (C=O) groups is 1. The van der Waals surface area contributed by atoms with E-state index in [0.717, 1.165) is 5.69 Å². The molecule has 1 N–H and O–H groups in total. The minimum absolute atomic E-state index is 0.0208. The van der Waals surface area contributed by atoms with Crippen molar-refractivity contribution in [2.75, 3.05) is 30.4 Å². The molecule has 20 heavy (non-hydrogen) atoms. The highest BCUT2D eigenvalue weighted by Crippen LogP contribution is 2.21. The number of amides is 1. The summed E-state index contributed by atoms with van der Waals surface area (Å²) in [6.45, 7) is 3.85. The quantitative estimate of drug-likeness (QED) is 0.869. The van der Waals surface area contributed by atoms with Crippen LogP contribution < -0.4 is 5.32 Å². The van der Waals surface area contributed by atoms with Crippen molar-refractivity contribution in [3.63, 3.8) is 0 Å². The fourth-order valence-electron chi connectivity index (χ4n) is 2.39. The van der Waals surface area contributed by atoms with E-state index < -0.39 is 9.84 Å². The van der Waals surface area contributed by atoms with E-state index in [9.17, 15) is 13.2 Å². The van der Waals surface area contributed by atoms with Crippen LogP contribution >= 0.6 is 0 Å². The molecule has 7 heteroatoms. The highest BCUT2D eigenvalue weighted by Gasteiger charge is 2.32. The van der Waals surface area contributed by atoms with Gasteiger partial charge in [0.25, 0.3) is 5.91 Å². The van der Waals surface area contributed by atoms with Gasteiger partial charge in [0.15, 0.2) is 9.84 Å². The van der Waals surface area contributed by atoms with Crippen LogP contribution in [0.25, 0.3) is 0 Å². The molecule has 1 fully saturated rings. The van der Waals surface area contributed by atoms with Gasteiger partial charge in [0.1, 0.15) is 0 Å². The molecular weight excluding hydrogens is 278 g/mol. The van der Waals surface area contributed by atoms with Crippen LogP contribution in [0, 0.1) is 6.92 Å². The summed E-state index contributed by atoms with van der Waals surface area (Å²) in [6.07, 6.45) is 1.54. The smallest absolute Gasteiger partial charge is 0.257 e. The van der Waals surface area contributed by atoms with Crippen LogP contribution in [0.15, 0.2) is 12.3 Å². The Labute approximate surface area is 119 Å². The lowest BCUT2D eigenvalue weighted by molar-refractivity contribution is 0.0713. The molecule has 110 valence electrons. The molecule has 1 aliphatic heterocycles. The Kier molecular flexibility index (Phi) is 3.99. The van der Waals surface area contributed by atoms with Crippen LogP contribution in [-0.4, -0.2) is 55.3 Å². The maximum absolute atomic E-state index is 12.6. The van der Waals surface area contributed by atoms with E-state index in [-0.39, 0.29) is 30.0 Å². The molecule has 0 aliphatic carbocycles. The summed E-state index contributed by atoms with van der Waals surface area (Å²) in [5.41, 5.74) is 2.01. The number of hydrogen-bond donors (Lipinski definition) is 1. The molecule has 1 saturated heterocycles. The van der Waals surface area contributed by atoms with Crippen molar-refractivity contribution in [3.8, 4) is 0 Å². The largest absolute Gasteiger partial charge is 0.387 e. The predicted octanol–water partition coefficient (Wildman–Crippen LogP) is 0.691. The summed E-state index contributed by atoms with van der Waals surface area (Å²) >= 11 is 0. The molecule has 6 nitrogen and oxygen atoms in total. The number of nitrogens with zero attached hydrogens (tertiary/aromatic N) is 2. The van der Waals surface area contributed by atoms with Gasteiger partial charge in [-0.05, 0) is 19.9 Å². The van der Waals surface area contributed by atoms with Crippen LogP contribution in [0.1, 0.15) is 23.0 Å². The third-order valence-corrected chi connectivity index (χ3v) is 5.27. The first-order valence-electron chi connectivity index (χ1n) is 6.50. The number of anilines is 1. The average molecular weight is 297 g/mol. The van der Waals surface area contributed by atoms with E-state index in [4.69, 9.17) is 0 Å². The molecule has 0 radical (unpaired) electrons. The maximum atomic E-state index is 12.6. The van der Waals surface area contributed by atoms with Gasteiger partial charge in [-0.3, -0.25) is 9.78 Å². The first kappa shape index (κ1) is 14.8. The Hall–Kier alpha value is -1.63. The van der Waals surface area contributed by atoms with Gasteiger partial charge < -0.3 is 10.2 Å². The minimum Gasteiger partial charge on any atom is -0.387 e. The highest BCUT2D eigenvalue weighted by atomic mass is 32.2. The number of hydrogen-bond acceptors (Lipinski definition) is 5. The molecular formula is C13H19N3O3S. The highest BCUT2D eigenvalue weighted by molar-refractivity contribution is 7.91. The third kappa shape index (κ3) is 2.92. The van der Waals surface area contributed by atoms with Crippen molar-refractivity contribution in [2.45, 2.75) is 19.9 Å². The molecule has 0 bridgehead atoms. The number of sulfone groups is 1. The molecule has 0 spiro atoms. The van der Waals surface area contributed by atoms with Gasteiger partial charge in [-0.1, -0.05) is 0 Å². The summed E-state index contributed by atoms with van der Waals surface area (Å²) < 4.78 is 23.1. The van der Waals surface area contributed by atoms with E-state index in [2.05, 4.69) is 10.3 Å². The van der Waals surface area contributed by atoms with Crippen LogP contribution in [0.5, 0.6) is 0 Å². The van der Waals surface area contributed by atoms with Gasteiger partial charge in [0, 0.05) is 31.5 Å².